The van der Waals surface area contributed by atoms with E-state index in [0.717, 1.165) is 13.0 Å². The molecule has 0 unspecified atom stereocenters. The van der Waals surface area contributed by atoms with Gasteiger partial charge in [0.2, 0.25) is 0 Å². The number of thioether (sulfide) groups is 1. The van der Waals surface area contributed by atoms with Gasteiger partial charge in [-0.05, 0) is 49.8 Å². The van der Waals surface area contributed by atoms with E-state index in [1.165, 1.54) is 35.5 Å². The van der Waals surface area contributed by atoms with Gasteiger partial charge >= 0.3 is 0 Å². The Labute approximate surface area is 110 Å². The van der Waals surface area contributed by atoms with E-state index in [-0.39, 0.29) is 0 Å². The molecule has 0 aromatic heterocycles. The smallest absolute Gasteiger partial charge is 0.0202 e. The van der Waals surface area contributed by atoms with Crippen LogP contribution < -0.4 is 5.32 Å². The minimum absolute atomic E-state index is 0.952. The number of unbranched alkanes of at least 4 members (excludes halogenated alkanes) is 3. The molecule has 94 valence electrons. The minimum Gasteiger partial charge on any atom is -0.316 e. The summed E-state index contributed by atoms with van der Waals surface area (Å²) in [5.41, 5.74) is 1.36. The summed E-state index contributed by atoms with van der Waals surface area (Å²) in [5.74, 6) is 1.22. The van der Waals surface area contributed by atoms with Gasteiger partial charge in [-0.3, -0.25) is 0 Å². The molecular formula is C15H23NS. The summed E-state index contributed by atoms with van der Waals surface area (Å²) >= 11 is 1.96. The lowest BCUT2D eigenvalue weighted by Crippen LogP contribution is -2.04. The van der Waals surface area contributed by atoms with Crippen molar-refractivity contribution in [3.05, 3.63) is 42.5 Å². The lowest BCUT2D eigenvalue weighted by atomic mass is 10.2. The molecule has 0 saturated heterocycles. The van der Waals surface area contributed by atoms with Gasteiger partial charge in [-0.1, -0.05) is 24.6 Å². The van der Waals surface area contributed by atoms with Crippen LogP contribution in [0.2, 0.25) is 0 Å². The van der Waals surface area contributed by atoms with E-state index in [2.05, 4.69) is 36.2 Å². The number of rotatable bonds is 9. The minimum atomic E-state index is 0.952. The highest BCUT2D eigenvalue weighted by atomic mass is 32.2. The van der Waals surface area contributed by atoms with Gasteiger partial charge in [-0.25, -0.2) is 0 Å². The molecule has 0 heterocycles. The Hall–Kier alpha value is -0.730. The number of hydrogen-bond donors (Lipinski definition) is 1. The lowest BCUT2D eigenvalue weighted by molar-refractivity contribution is 0.735. The molecule has 2 heteroatoms. The van der Waals surface area contributed by atoms with Gasteiger partial charge < -0.3 is 5.32 Å². The Kier molecular flexibility index (Phi) is 7.85. The topological polar surface area (TPSA) is 12.0 Å². The van der Waals surface area contributed by atoms with Crippen LogP contribution in [0.1, 0.15) is 31.2 Å². The molecule has 1 N–H and O–H groups in total. The number of allylic oxidation sites excluding steroid dienone is 1. The lowest BCUT2D eigenvalue weighted by Gasteiger charge is -2.04. The van der Waals surface area contributed by atoms with Gasteiger partial charge in [0.15, 0.2) is 0 Å². The summed E-state index contributed by atoms with van der Waals surface area (Å²) in [6.45, 7) is 4.69. The highest BCUT2D eigenvalue weighted by Crippen LogP contribution is 2.21. The van der Waals surface area contributed by atoms with E-state index in [1.807, 2.05) is 24.9 Å². The first-order chi connectivity index (χ1) is 8.36. The third kappa shape index (κ3) is 6.54. The zero-order valence-corrected chi connectivity index (χ0v) is 11.6. The van der Waals surface area contributed by atoms with Crippen molar-refractivity contribution in [2.24, 2.45) is 0 Å². The third-order valence-electron chi connectivity index (χ3n) is 2.60. The quantitative estimate of drug-likeness (QED) is 0.399. The molecule has 0 amide bonds. The fourth-order valence-electron chi connectivity index (χ4n) is 1.71. The van der Waals surface area contributed by atoms with E-state index in [0.29, 0.717) is 0 Å². The van der Waals surface area contributed by atoms with Crippen molar-refractivity contribution in [2.45, 2.75) is 37.1 Å². The van der Waals surface area contributed by atoms with Gasteiger partial charge in [-0.2, -0.15) is 0 Å². The highest BCUT2D eigenvalue weighted by Gasteiger charge is 1.96. The zero-order valence-electron chi connectivity index (χ0n) is 10.7. The summed E-state index contributed by atoms with van der Waals surface area (Å²) in [5, 5.41) is 3.18. The van der Waals surface area contributed by atoms with Crippen LogP contribution in [0, 0.1) is 0 Å². The summed E-state index contributed by atoms with van der Waals surface area (Å²) in [4.78, 5) is 1.39. The van der Waals surface area contributed by atoms with Gasteiger partial charge in [0.05, 0.1) is 0 Å². The maximum Gasteiger partial charge on any atom is 0.0202 e. The van der Waals surface area contributed by atoms with Crippen LogP contribution in [-0.4, -0.2) is 12.8 Å². The molecule has 0 spiro atoms. The predicted molar refractivity (Wildman–Crippen MR) is 78.6 cm³/mol. The molecule has 0 atom stereocenters. The van der Waals surface area contributed by atoms with Crippen LogP contribution in [0.5, 0.6) is 0 Å². The van der Waals surface area contributed by atoms with Crippen LogP contribution in [0.15, 0.2) is 41.8 Å². The molecule has 0 bridgehead atoms. The third-order valence-corrected chi connectivity index (χ3v) is 3.68. The van der Waals surface area contributed by atoms with Crippen molar-refractivity contribution in [1.82, 2.24) is 5.32 Å². The Morgan fingerprint density at radius 3 is 2.94 bits per heavy atom. The Morgan fingerprint density at radius 2 is 2.18 bits per heavy atom. The van der Waals surface area contributed by atoms with Gasteiger partial charge in [0.25, 0.3) is 0 Å². The number of benzene rings is 1. The average molecular weight is 249 g/mol. The maximum absolute atomic E-state index is 3.74. The summed E-state index contributed by atoms with van der Waals surface area (Å²) < 4.78 is 0. The molecule has 0 aliphatic carbocycles. The summed E-state index contributed by atoms with van der Waals surface area (Å²) in [6, 6.07) is 8.80. The van der Waals surface area contributed by atoms with Crippen LogP contribution in [0.25, 0.3) is 0 Å². The Morgan fingerprint density at radius 1 is 1.29 bits per heavy atom. The molecule has 1 rings (SSSR count). The van der Waals surface area contributed by atoms with Crippen LogP contribution in [0.4, 0.5) is 0 Å². The van der Waals surface area contributed by atoms with Crippen molar-refractivity contribution < 1.29 is 0 Å². The first-order valence-electron chi connectivity index (χ1n) is 6.34. The molecule has 0 aliphatic heterocycles. The van der Waals surface area contributed by atoms with Gasteiger partial charge in [0.1, 0.15) is 0 Å². The number of hydrogen-bond acceptors (Lipinski definition) is 2. The molecule has 1 aromatic carbocycles. The molecule has 17 heavy (non-hydrogen) atoms. The monoisotopic (exact) mass is 249 g/mol. The van der Waals surface area contributed by atoms with Crippen LogP contribution in [0.3, 0.4) is 0 Å². The first-order valence-corrected chi connectivity index (χ1v) is 7.32. The van der Waals surface area contributed by atoms with Crippen molar-refractivity contribution >= 4 is 11.8 Å². The predicted octanol–water partition coefficient (Wildman–Crippen LogP) is 4.24. The molecule has 0 fully saturated rings. The summed E-state index contributed by atoms with van der Waals surface area (Å²) in [6.07, 6.45) is 7.06. The SMILES string of the molecule is C=CCCCCCSc1cccc(CNC)c1. The van der Waals surface area contributed by atoms with Crippen molar-refractivity contribution in [3.8, 4) is 0 Å². The normalized spacial score (nSPS) is 10.4. The second-order valence-electron chi connectivity index (χ2n) is 4.16. The fraction of sp³-hybridized carbons (Fsp3) is 0.467. The van der Waals surface area contributed by atoms with E-state index >= 15 is 0 Å². The molecule has 0 saturated carbocycles. The second kappa shape index (κ2) is 9.32. The van der Waals surface area contributed by atoms with Crippen LogP contribution >= 0.6 is 11.8 Å². The van der Waals surface area contributed by atoms with E-state index in [1.54, 1.807) is 0 Å². The first kappa shape index (κ1) is 14.3. The standard InChI is InChI=1S/C15H23NS/c1-3-4-5-6-7-11-17-15-10-8-9-14(12-15)13-16-2/h3,8-10,12,16H,1,4-7,11,13H2,2H3. The van der Waals surface area contributed by atoms with Crippen molar-refractivity contribution in [2.75, 3.05) is 12.8 Å². The van der Waals surface area contributed by atoms with Gasteiger partial charge in [-0.15, -0.1) is 18.3 Å². The average Bonchev–Trinajstić information content (AvgIpc) is 2.35. The van der Waals surface area contributed by atoms with E-state index in [9.17, 15) is 0 Å². The fourth-order valence-corrected chi connectivity index (χ4v) is 2.70. The summed E-state index contributed by atoms with van der Waals surface area (Å²) in [7, 11) is 1.99. The van der Waals surface area contributed by atoms with Gasteiger partial charge in [0, 0.05) is 11.4 Å². The molecule has 1 aromatic rings. The van der Waals surface area contributed by atoms with Crippen molar-refractivity contribution in [1.29, 1.82) is 0 Å². The maximum atomic E-state index is 3.74. The Balaban J connectivity index is 2.21. The number of nitrogens with one attached hydrogen (secondary N) is 1. The second-order valence-corrected chi connectivity index (χ2v) is 5.33. The van der Waals surface area contributed by atoms with E-state index in [4.69, 9.17) is 0 Å². The van der Waals surface area contributed by atoms with Crippen LogP contribution in [-0.2, 0) is 6.54 Å². The molecule has 1 nitrogen and oxygen atoms in total. The van der Waals surface area contributed by atoms with Crippen molar-refractivity contribution in [3.63, 3.8) is 0 Å². The molecule has 0 radical (unpaired) electrons. The largest absolute Gasteiger partial charge is 0.316 e. The molecule has 0 aliphatic rings. The zero-order chi connectivity index (χ0) is 12.3. The van der Waals surface area contributed by atoms with E-state index < -0.39 is 0 Å². The Bertz CT molecular complexity index is 322. The highest BCUT2D eigenvalue weighted by molar-refractivity contribution is 7.99. The molecular weight excluding hydrogens is 226 g/mol.